The van der Waals surface area contributed by atoms with Crippen LogP contribution in [0.2, 0.25) is 0 Å². The molecule has 0 bridgehead atoms. The smallest absolute Gasteiger partial charge is 0.152 e. The van der Waals surface area contributed by atoms with Crippen LogP contribution in [0.3, 0.4) is 0 Å². The Labute approximate surface area is 164 Å². The molecule has 0 radical (unpaired) electrons. The molecule has 1 fully saturated rings. The van der Waals surface area contributed by atoms with Gasteiger partial charge in [-0.15, -0.1) is 0 Å². The number of carbonyl (C=O) groups excluding carboxylic acids is 1. The molecular formula is C21H26N6O. The summed E-state index contributed by atoms with van der Waals surface area (Å²) in [6, 6.07) is 11.9. The first-order chi connectivity index (χ1) is 13.5. The molecule has 1 aliphatic rings. The summed E-state index contributed by atoms with van der Waals surface area (Å²) in [5.41, 5.74) is 8.64. The Morgan fingerprint density at radius 2 is 2.14 bits per heavy atom. The van der Waals surface area contributed by atoms with Gasteiger partial charge < -0.3 is 30.6 Å². The van der Waals surface area contributed by atoms with Gasteiger partial charge in [-0.25, -0.2) is 4.98 Å². The van der Waals surface area contributed by atoms with E-state index in [0.717, 1.165) is 53.3 Å². The molecule has 3 heterocycles. The summed E-state index contributed by atoms with van der Waals surface area (Å²) >= 11 is 0. The second-order valence-corrected chi connectivity index (χ2v) is 7.52. The number of nitrogens with one attached hydrogen (secondary N) is 2. The Balaban J connectivity index is 1.58. The Morgan fingerprint density at radius 1 is 1.29 bits per heavy atom. The topological polar surface area (TPSA) is 90.3 Å². The fraction of sp³-hybridized carbons (Fsp3) is 0.333. The maximum absolute atomic E-state index is 11.9. The molecule has 0 saturated carbocycles. The summed E-state index contributed by atoms with van der Waals surface area (Å²) in [4.78, 5) is 24.2. The number of piperazine rings is 1. The number of aldehydes is 1. The molecule has 1 unspecified atom stereocenters. The Bertz CT molecular complexity index is 982. The molecule has 0 spiro atoms. The SMILES string of the molecule is CC(C)Nc1cccnc1N1CCN(c2cc3cc(N)ccc3[nH]2)C(C=O)C1. The number of pyridine rings is 1. The van der Waals surface area contributed by atoms with E-state index in [4.69, 9.17) is 5.73 Å². The molecule has 1 saturated heterocycles. The normalized spacial score (nSPS) is 17.3. The van der Waals surface area contributed by atoms with Gasteiger partial charge in [-0.05, 0) is 50.2 Å². The monoisotopic (exact) mass is 378 g/mol. The average Bonchev–Trinajstić information content (AvgIpc) is 3.10. The van der Waals surface area contributed by atoms with Crippen LogP contribution < -0.4 is 20.9 Å². The number of hydrogen-bond donors (Lipinski definition) is 3. The largest absolute Gasteiger partial charge is 0.399 e. The lowest BCUT2D eigenvalue weighted by Gasteiger charge is -2.40. The second-order valence-electron chi connectivity index (χ2n) is 7.52. The molecule has 7 heteroatoms. The summed E-state index contributed by atoms with van der Waals surface area (Å²) in [6.07, 6.45) is 2.82. The number of aromatic amines is 1. The molecule has 1 aromatic carbocycles. The fourth-order valence-corrected chi connectivity index (χ4v) is 3.78. The van der Waals surface area contributed by atoms with Crippen molar-refractivity contribution in [2.45, 2.75) is 25.9 Å². The van der Waals surface area contributed by atoms with Crippen LogP contribution in [0, 0.1) is 0 Å². The Hall–Kier alpha value is -3.22. The Morgan fingerprint density at radius 3 is 2.93 bits per heavy atom. The average molecular weight is 378 g/mol. The molecule has 2 aromatic heterocycles. The molecule has 0 amide bonds. The second kappa shape index (κ2) is 7.42. The number of H-pyrrole nitrogens is 1. The van der Waals surface area contributed by atoms with Crippen LogP contribution in [-0.2, 0) is 4.79 Å². The Kier molecular flexibility index (Phi) is 4.81. The first-order valence-electron chi connectivity index (χ1n) is 9.62. The highest BCUT2D eigenvalue weighted by molar-refractivity contribution is 5.87. The number of carbonyl (C=O) groups is 1. The third kappa shape index (κ3) is 3.47. The predicted octanol–water partition coefficient (Wildman–Crippen LogP) is 2.86. The van der Waals surface area contributed by atoms with E-state index in [-0.39, 0.29) is 6.04 Å². The van der Waals surface area contributed by atoms with Crippen molar-refractivity contribution in [3.8, 4) is 0 Å². The van der Waals surface area contributed by atoms with Crippen molar-refractivity contribution >= 4 is 40.2 Å². The number of nitrogens with two attached hydrogens (primary N) is 1. The molecule has 4 N–H and O–H groups in total. The summed E-state index contributed by atoms with van der Waals surface area (Å²) in [5, 5.41) is 4.50. The lowest BCUT2D eigenvalue weighted by molar-refractivity contribution is -0.109. The molecule has 4 rings (SSSR count). The van der Waals surface area contributed by atoms with Crippen molar-refractivity contribution in [3.05, 3.63) is 42.6 Å². The van der Waals surface area contributed by atoms with Crippen molar-refractivity contribution in [2.75, 3.05) is 40.5 Å². The first kappa shape index (κ1) is 18.2. The van der Waals surface area contributed by atoms with Gasteiger partial charge >= 0.3 is 0 Å². The van der Waals surface area contributed by atoms with Gasteiger partial charge in [0.2, 0.25) is 0 Å². The van der Waals surface area contributed by atoms with Gasteiger partial charge in [0.05, 0.1) is 5.69 Å². The molecule has 1 atom stereocenters. The zero-order valence-electron chi connectivity index (χ0n) is 16.2. The molecule has 0 aliphatic carbocycles. The van der Waals surface area contributed by atoms with Gasteiger partial charge in [0, 0.05) is 48.5 Å². The van der Waals surface area contributed by atoms with Crippen LogP contribution in [0.4, 0.5) is 23.0 Å². The van der Waals surface area contributed by atoms with Crippen molar-refractivity contribution in [3.63, 3.8) is 0 Å². The van der Waals surface area contributed by atoms with Crippen LogP contribution in [0.25, 0.3) is 10.9 Å². The summed E-state index contributed by atoms with van der Waals surface area (Å²) < 4.78 is 0. The number of benzene rings is 1. The van der Waals surface area contributed by atoms with E-state index < -0.39 is 0 Å². The number of nitrogens with zero attached hydrogens (tertiary/aromatic N) is 3. The molecule has 1 aliphatic heterocycles. The molecule has 7 nitrogen and oxygen atoms in total. The van der Waals surface area contributed by atoms with E-state index in [1.165, 1.54) is 0 Å². The van der Waals surface area contributed by atoms with Crippen molar-refractivity contribution in [1.29, 1.82) is 0 Å². The lowest BCUT2D eigenvalue weighted by Crippen LogP contribution is -2.54. The van der Waals surface area contributed by atoms with E-state index in [1.54, 1.807) is 6.20 Å². The van der Waals surface area contributed by atoms with E-state index in [1.807, 2.05) is 30.3 Å². The fourth-order valence-electron chi connectivity index (χ4n) is 3.78. The minimum absolute atomic E-state index is 0.256. The number of fused-ring (bicyclic) bond motifs is 1. The predicted molar refractivity (Wildman–Crippen MR) is 115 cm³/mol. The standard InChI is InChI=1S/C21H26N6O/c1-14(2)24-19-4-3-7-23-21(19)26-8-9-27(17(12-26)13-28)20-11-15-10-16(22)5-6-18(15)25-20/h3-7,10-11,13-14,17,24-25H,8-9,12,22H2,1-2H3. The highest BCUT2D eigenvalue weighted by Gasteiger charge is 2.29. The van der Waals surface area contributed by atoms with Crippen LogP contribution in [0.15, 0.2) is 42.6 Å². The van der Waals surface area contributed by atoms with Gasteiger partial charge in [0.1, 0.15) is 18.1 Å². The van der Waals surface area contributed by atoms with Gasteiger partial charge in [-0.2, -0.15) is 0 Å². The van der Waals surface area contributed by atoms with Crippen LogP contribution in [0.1, 0.15) is 13.8 Å². The van der Waals surface area contributed by atoms with Crippen LogP contribution >= 0.6 is 0 Å². The van der Waals surface area contributed by atoms with Crippen LogP contribution in [0.5, 0.6) is 0 Å². The number of nitrogen functional groups attached to an aromatic ring is 1. The summed E-state index contributed by atoms with van der Waals surface area (Å²) in [6.45, 7) is 6.30. The van der Waals surface area contributed by atoms with Crippen molar-refractivity contribution in [2.24, 2.45) is 0 Å². The quantitative estimate of drug-likeness (QED) is 0.467. The number of anilines is 4. The highest BCUT2D eigenvalue weighted by Crippen LogP contribution is 2.29. The number of rotatable bonds is 5. The van der Waals surface area contributed by atoms with Crippen molar-refractivity contribution < 1.29 is 4.79 Å². The number of aromatic nitrogens is 2. The third-order valence-corrected chi connectivity index (χ3v) is 5.05. The van der Waals surface area contributed by atoms with E-state index >= 15 is 0 Å². The minimum atomic E-state index is -0.256. The van der Waals surface area contributed by atoms with Gasteiger partial charge in [0.15, 0.2) is 5.82 Å². The summed E-state index contributed by atoms with van der Waals surface area (Å²) in [5.74, 6) is 1.84. The molecule has 28 heavy (non-hydrogen) atoms. The minimum Gasteiger partial charge on any atom is -0.399 e. The zero-order valence-corrected chi connectivity index (χ0v) is 16.2. The highest BCUT2D eigenvalue weighted by atomic mass is 16.1. The zero-order chi connectivity index (χ0) is 19.7. The van der Waals surface area contributed by atoms with Gasteiger partial charge in [0.25, 0.3) is 0 Å². The lowest BCUT2D eigenvalue weighted by atomic mass is 10.1. The van der Waals surface area contributed by atoms with E-state index in [2.05, 4.69) is 45.0 Å². The maximum Gasteiger partial charge on any atom is 0.152 e. The molecular weight excluding hydrogens is 352 g/mol. The number of hydrogen-bond acceptors (Lipinski definition) is 6. The van der Waals surface area contributed by atoms with E-state index in [0.29, 0.717) is 12.6 Å². The molecule has 146 valence electrons. The van der Waals surface area contributed by atoms with Crippen molar-refractivity contribution in [1.82, 2.24) is 9.97 Å². The van der Waals surface area contributed by atoms with Gasteiger partial charge in [-0.3, -0.25) is 0 Å². The maximum atomic E-state index is 11.9. The summed E-state index contributed by atoms with van der Waals surface area (Å²) in [7, 11) is 0. The van der Waals surface area contributed by atoms with Gasteiger partial charge in [-0.1, -0.05) is 0 Å². The first-order valence-corrected chi connectivity index (χ1v) is 9.62. The van der Waals surface area contributed by atoms with E-state index in [9.17, 15) is 4.79 Å². The van der Waals surface area contributed by atoms with Crippen LogP contribution in [-0.4, -0.2) is 48.0 Å². The third-order valence-electron chi connectivity index (χ3n) is 5.05. The molecule has 3 aromatic rings.